The Hall–Kier alpha value is -3.15. The first-order valence-electron chi connectivity index (χ1n) is 11.6. The molecule has 1 aliphatic heterocycles. The van der Waals surface area contributed by atoms with Crippen molar-refractivity contribution in [2.45, 2.75) is 52.5 Å². The van der Waals surface area contributed by atoms with E-state index in [-0.39, 0.29) is 24.3 Å². The van der Waals surface area contributed by atoms with Crippen LogP contribution in [0.25, 0.3) is 11.0 Å². The van der Waals surface area contributed by atoms with Crippen LogP contribution in [0.3, 0.4) is 0 Å². The molecule has 0 N–H and O–H groups in total. The third kappa shape index (κ3) is 4.40. The molecule has 1 aromatic heterocycles. The van der Waals surface area contributed by atoms with Crippen LogP contribution in [0.2, 0.25) is 0 Å². The second-order valence-electron chi connectivity index (χ2n) is 8.67. The van der Waals surface area contributed by atoms with Crippen molar-refractivity contribution >= 4 is 28.5 Å². The molecule has 0 aliphatic carbocycles. The number of aromatic nitrogens is 2. The zero-order valence-electron chi connectivity index (χ0n) is 19.3. The van der Waals surface area contributed by atoms with E-state index in [1.54, 1.807) is 0 Å². The summed E-state index contributed by atoms with van der Waals surface area (Å²) in [5, 5.41) is 0. The lowest BCUT2D eigenvalue weighted by Gasteiger charge is -2.23. The summed E-state index contributed by atoms with van der Waals surface area (Å²) in [7, 11) is 0. The first kappa shape index (κ1) is 22.1. The normalized spacial score (nSPS) is 16.2. The summed E-state index contributed by atoms with van der Waals surface area (Å²) in [6.07, 6.45) is 2.27. The minimum absolute atomic E-state index is 0.0472. The summed E-state index contributed by atoms with van der Waals surface area (Å²) in [6.45, 7) is 8.58. The molecule has 4 rings (SSSR count). The van der Waals surface area contributed by atoms with E-state index in [1.165, 1.54) is 0 Å². The number of para-hydroxylation sites is 2. The van der Waals surface area contributed by atoms with E-state index in [4.69, 9.17) is 4.98 Å². The topological polar surface area (TPSA) is 58.4 Å². The highest BCUT2D eigenvalue weighted by Gasteiger charge is 2.35. The van der Waals surface area contributed by atoms with E-state index < -0.39 is 0 Å². The summed E-state index contributed by atoms with van der Waals surface area (Å²) < 4.78 is 2.04. The van der Waals surface area contributed by atoms with Crippen LogP contribution >= 0.6 is 0 Å². The SMILES string of the molecule is CCCN(CCC)C(=O)Cn1c([C@H]2CC(=O)N(c3cccc(C)c3)C2)nc2ccccc21. The van der Waals surface area contributed by atoms with Gasteiger partial charge in [-0.15, -0.1) is 0 Å². The van der Waals surface area contributed by atoms with Crippen molar-refractivity contribution < 1.29 is 9.59 Å². The molecular formula is C26H32N4O2. The van der Waals surface area contributed by atoms with Gasteiger partial charge in [-0.05, 0) is 49.6 Å². The van der Waals surface area contributed by atoms with E-state index in [2.05, 4.69) is 13.8 Å². The van der Waals surface area contributed by atoms with E-state index in [9.17, 15) is 9.59 Å². The molecule has 2 amide bonds. The monoisotopic (exact) mass is 432 g/mol. The Morgan fingerprint density at radius 1 is 1.09 bits per heavy atom. The minimum Gasteiger partial charge on any atom is -0.341 e. The fraction of sp³-hybridized carbons (Fsp3) is 0.423. The summed E-state index contributed by atoms with van der Waals surface area (Å²) in [6, 6.07) is 16.0. The van der Waals surface area contributed by atoms with E-state index in [1.807, 2.05) is 69.8 Å². The Kier molecular flexibility index (Phi) is 6.58. The van der Waals surface area contributed by atoms with Gasteiger partial charge in [-0.3, -0.25) is 9.59 Å². The van der Waals surface area contributed by atoms with Crippen LogP contribution in [0.1, 0.15) is 50.4 Å². The molecule has 6 heteroatoms. The van der Waals surface area contributed by atoms with Crippen LogP contribution in [0.4, 0.5) is 5.69 Å². The lowest BCUT2D eigenvalue weighted by Crippen LogP contribution is -2.35. The summed E-state index contributed by atoms with van der Waals surface area (Å²) in [5.74, 6) is 0.993. The molecule has 1 saturated heterocycles. The van der Waals surface area contributed by atoms with Gasteiger partial charge in [-0.1, -0.05) is 38.1 Å². The summed E-state index contributed by atoms with van der Waals surface area (Å²) in [4.78, 5) is 34.8. The van der Waals surface area contributed by atoms with Crippen LogP contribution in [-0.4, -0.2) is 45.9 Å². The maximum Gasteiger partial charge on any atom is 0.242 e. The molecule has 0 saturated carbocycles. The van der Waals surface area contributed by atoms with Crippen molar-refractivity contribution in [1.29, 1.82) is 0 Å². The first-order chi connectivity index (χ1) is 15.5. The Labute approximate surface area is 189 Å². The fourth-order valence-corrected chi connectivity index (χ4v) is 4.63. The van der Waals surface area contributed by atoms with Crippen LogP contribution in [0.5, 0.6) is 0 Å². The van der Waals surface area contributed by atoms with Crippen molar-refractivity contribution in [1.82, 2.24) is 14.5 Å². The fourth-order valence-electron chi connectivity index (χ4n) is 4.63. The van der Waals surface area contributed by atoms with Gasteiger partial charge >= 0.3 is 0 Å². The zero-order valence-corrected chi connectivity index (χ0v) is 19.3. The van der Waals surface area contributed by atoms with Crippen LogP contribution in [0.15, 0.2) is 48.5 Å². The van der Waals surface area contributed by atoms with Gasteiger partial charge in [-0.2, -0.15) is 0 Å². The lowest BCUT2D eigenvalue weighted by molar-refractivity contribution is -0.131. The van der Waals surface area contributed by atoms with Gasteiger partial charge in [0, 0.05) is 37.7 Å². The molecule has 0 spiro atoms. The Morgan fingerprint density at radius 2 is 1.84 bits per heavy atom. The number of amides is 2. The molecule has 1 atom stereocenters. The molecule has 32 heavy (non-hydrogen) atoms. The molecule has 0 bridgehead atoms. The van der Waals surface area contributed by atoms with Gasteiger partial charge in [0.05, 0.1) is 11.0 Å². The van der Waals surface area contributed by atoms with E-state index in [0.29, 0.717) is 13.0 Å². The number of nitrogens with zero attached hydrogens (tertiary/aromatic N) is 4. The summed E-state index contributed by atoms with van der Waals surface area (Å²) in [5.41, 5.74) is 3.87. The molecule has 0 radical (unpaired) electrons. The van der Waals surface area contributed by atoms with Crippen molar-refractivity contribution in [2.24, 2.45) is 0 Å². The second-order valence-corrected chi connectivity index (χ2v) is 8.67. The molecule has 3 aromatic rings. The Balaban J connectivity index is 1.66. The van der Waals surface area contributed by atoms with Gasteiger partial charge < -0.3 is 14.4 Å². The smallest absolute Gasteiger partial charge is 0.242 e. The molecule has 1 fully saturated rings. The average Bonchev–Trinajstić information content (AvgIpc) is 3.34. The first-order valence-corrected chi connectivity index (χ1v) is 11.6. The number of benzene rings is 2. The van der Waals surface area contributed by atoms with Gasteiger partial charge in [0.1, 0.15) is 12.4 Å². The molecular weight excluding hydrogens is 400 g/mol. The molecule has 1 aliphatic rings. The molecule has 2 aromatic carbocycles. The average molecular weight is 433 g/mol. The number of carbonyl (C=O) groups excluding carboxylic acids is 2. The van der Waals surface area contributed by atoms with Gasteiger partial charge in [-0.25, -0.2) is 4.98 Å². The summed E-state index contributed by atoms with van der Waals surface area (Å²) >= 11 is 0. The highest BCUT2D eigenvalue weighted by molar-refractivity contribution is 5.96. The van der Waals surface area contributed by atoms with E-state index >= 15 is 0 Å². The highest BCUT2D eigenvalue weighted by Crippen LogP contribution is 2.33. The maximum absolute atomic E-state index is 13.2. The lowest BCUT2D eigenvalue weighted by atomic mass is 10.1. The number of hydrogen-bond donors (Lipinski definition) is 0. The van der Waals surface area contributed by atoms with Gasteiger partial charge in [0.2, 0.25) is 11.8 Å². The van der Waals surface area contributed by atoms with Crippen LogP contribution < -0.4 is 4.90 Å². The van der Waals surface area contributed by atoms with Crippen molar-refractivity contribution in [3.05, 3.63) is 59.9 Å². The molecule has 2 heterocycles. The number of carbonyl (C=O) groups is 2. The molecule has 168 valence electrons. The van der Waals surface area contributed by atoms with E-state index in [0.717, 1.165) is 54.0 Å². The van der Waals surface area contributed by atoms with Crippen molar-refractivity contribution in [2.75, 3.05) is 24.5 Å². The third-order valence-corrected chi connectivity index (χ3v) is 6.12. The standard InChI is InChI=1S/C26H32N4O2/c1-4-13-28(14-5-2)25(32)18-30-23-12-7-6-11-22(23)27-26(30)20-16-24(31)29(17-20)21-10-8-9-19(3)15-21/h6-12,15,20H,4-5,13-14,16-18H2,1-3H3/t20-/m0/s1. The van der Waals surface area contributed by atoms with Crippen molar-refractivity contribution in [3.8, 4) is 0 Å². The van der Waals surface area contributed by atoms with Gasteiger partial charge in [0.15, 0.2) is 0 Å². The number of anilines is 1. The number of fused-ring (bicyclic) bond motifs is 1. The van der Waals surface area contributed by atoms with Crippen molar-refractivity contribution in [3.63, 3.8) is 0 Å². The predicted molar refractivity (Wildman–Crippen MR) is 128 cm³/mol. The Morgan fingerprint density at radius 3 is 2.56 bits per heavy atom. The highest BCUT2D eigenvalue weighted by atomic mass is 16.2. The van der Waals surface area contributed by atoms with Crippen LogP contribution in [-0.2, 0) is 16.1 Å². The number of rotatable bonds is 8. The number of aryl methyl sites for hydroxylation is 1. The van der Waals surface area contributed by atoms with Crippen LogP contribution in [0, 0.1) is 6.92 Å². The largest absolute Gasteiger partial charge is 0.341 e. The third-order valence-electron chi connectivity index (χ3n) is 6.12. The molecule has 0 unspecified atom stereocenters. The van der Waals surface area contributed by atoms with Gasteiger partial charge in [0.25, 0.3) is 0 Å². The minimum atomic E-state index is -0.0472. The molecule has 6 nitrogen and oxygen atoms in total. The predicted octanol–water partition coefficient (Wildman–Crippen LogP) is 4.51. The number of imidazole rings is 1. The zero-order chi connectivity index (χ0) is 22.7. The number of hydrogen-bond acceptors (Lipinski definition) is 3. The quantitative estimate of drug-likeness (QED) is 0.526. The second kappa shape index (κ2) is 9.55. The maximum atomic E-state index is 13.2. The Bertz CT molecular complexity index is 1110.